The van der Waals surface area contributed by atoms with E-state index in [1.165, 1.54) is 12.3 Å². The second-order valence-electron chi connectivity index (χ2n) is 7.81. The number of nitrogens with one attached hydrogen (secondary N) is 2. The summed E-state index contributed by atoms with van der Waals surface area (Å²) in [6.07, 6.45) is 5.98. The Morgan fingerprint density at radius 1 is 1.18 bits per heavy atom. The molecule has 33 heavy (non-hydrogen) atoms. The summed E-state index contributed by atoms with van der Waals surface area (Å²) < 4.78 is 41.6. The molecule has 0 fully saturated rings. The Kier molecular flexibility index (Phi) is 5.86. The number of aryl methyl sites for hydroxylation is 1. The zero-order valence-electron chi connectivity index (χ0n) is 18.2. The van der Waals surface area contributed by atoms with E-state index in [0.29, 0.717) is 16.6 Å². The predicted octanol–water partition coefficient (Wildman–Crippen LogP) is 3.73. The minimum Gasteiger partial charge on any atom is -0.345 e. The third-order valence-corrected chi connectivity index (χ3v) is 5.74. The lowest BCUT2D eigenvalue weighted by molar-refractivity contribution is 0.0939. The molecule has 4 rings (SSSR count). The average molecular weight is 468 g/mol. The van der Waals surface area contributed by atoms with Gasteiger partial charge in [0.1, 0.15) is 5.82 Å². The van der Waals surface area contributed by atoms with Crippen LogP contribution in [0.1, 0.15) is 34.5 Å². The molecule has 0 unspecified atom stereocenters. The molecule has 0 saturated heterocycles. The summed E-state index contributed by atoms with van der Waals surface area (Å²) in [6, 6.07) is 11.1. The van der Waals surface area contributed by atoms with Crippen LogP contribution in [0.25, 0.3) is 16.6 Å². The molecule has 10 heteroatoms. The molecule has 8 nitrogen and oxygen atoms in total. The van der Waals surface area contributed by atoms with Crippen LogP contribution < -0.4 is 10.0 Å². The summed E-state index contributed by atoms with van der Waals surface area (Å²) in [5.41, 5.74) is 2.85. The number of anilines is 1. The molecule has 1 amide bonds. The van der Waals surface area contributed by atoms with Crippen molar-refractivity contribution in [2.75, 3.05) is 11.0 Å². The quantitative estimate of drug-likeness (QED) is 0.450. The van der Waals surface area contributed by atoms with Gasteiger partial charge in [-0.2, -0.15) is 5.10 Å². The lowest BCUT2D eigenvalue weighted by atomic mass is 10.0. The van der Waals surface area contributed by atoms with Crippen molar-refractivity contribution in [1.82, 2.24) is 20.1 Å². The van der Waals surface area contributed by atoms with Gasteiger partial charge in [0.25, 0.3) is 5.91 Å². The number of aromatic nitrogens is 3. The van der Waals surface area contributed by atoms with Crippen molar-refractivity contribution in [3.63, 3.8) is 0 Å². The number of hydrogen-bond acceptors (Lipinski definition) is 5. The lowest BCUT2D eigenvalue weighted by Gasteiger charge is -2.18. The maximum atomic E-state index is 14.7. The van der Waals surface area contributed by atoms with Crippen LogP contribution in [0.2, 0.25) is 0 Å². The van der Waals surface area contributed by atoms with Crippen molar-refractivity contribution in [1.29, 1.82) is 0 Å². The van der Waals surface area contributed by atoms with Crippen molar-refractivity contribution in [2.24, 2.45) is 0 Å². The highest BCUT2D eigenvalue weighted by Gasteiger charge is 2.18. The fraction of sp³-hybridized carbons (Fsp3) is 0.174. The first kappa shape index (κ1) is 22.4. The molecular weight excluding hydrogens is 445 g/mol. The molecule has 2 aromatic heterocycles. The van der Waals surface area contributed by atoms with E-state index < -0.39 is 27.8 Å². The average Bonchev–Trinajstić information content (AvgIpc) is 3.29. The Morgan fingerprint density at radius 2 is 1.97 bits per heavy atom. The highest BCUT2D eigenvalue weighted by molar-refractivity contribution is 7.92. The monoisotopic (exact) mass is 467 g/mol. The normalized spacial score (nSPS) is 12.5. The molecule has 2 N–H and O–H groups in total. The fourth-order valence-corrected chi connectivity index (χ4v) is 4.12. The van der Waals surface area contributed by atoms with Gasteiger partial charge in [0.15, 0.2) is 0 Å². The van der Waals surface area contributed by atoms with Crippen LogP contribution >= 0.6 is 0 Å². The fourth-order valence-electron chi connectivity index (χ4n) is 3.50. The van der Waals surface area contributed by atoms with Gasteiger partial charge in [-0.25, -0.2) is 17.5 Å². The zero-order chi connectivity index (χ0) is 23.8. The summed E-state index contributed by atoms with van der Waals surface area (Å²) in [6.45, 7) is 3.32. The number of rotatable bonds is 6. The smallest absolute Gasteiger partial charge is 0.253 e. The number of benzene rings is 2. The third kappa shape index (κ3) is 5.01. The van der Waals surface area contributed by atoms with Gasteiger partial charge in [-0.15, -0.1) is 0 Å². The maximum absolute atomic E-state index is 14.7. The summed E-state index contributed by atoms with van der Waals surface area (Å²) in [7, 11) is -3.54. The molecular formula is C23H22FN5O3S. The first-order valence-electron chi connectivity index (χ1n) is 10.1. The van der Waals surface area contributed by atoms with Crippen LogP contribution in [-0.4, -0.2) is 35.3 Å². The second kappa shape index (κ2) is 8.62. The molecule has 0 bridgehead atoms. The molecule has 4 aromatic rings. The SMILES string of the molecule is Cc1cc([C@@H](C)NC(=O)c2cnc3cc(-n4cccn4)ccc3c2)c(F)cc1NS(C)(=O)=O. The number of amides is 1. The van der Waals surface area contributed by atoms with E-state index in [4.69, 9.17) is 0 Å². The standard InChI is InChI=1S/C23H22FN5O3S/c1-14-9-19(20(24)12-21(14)28-33(3,31)32)15(2)27-23(30)17-10-16-5-6-18(11-22(16)25-13-17)29-8-4-7-26-29/h4-13,15,28H,1-3H3,(H,27,30)/t15-/m1/s1. The van der Waals surface area contributed by atoms with Gasteiger partial charge >= 0.3 is 0 Å². The van der Waals surface area contributed by atoms with Gasteiger partial charge < -0.3 is 5.32 Å². The number of pyridine rings is 1. The molecule has 0 aliphatic carbocycles. The van der Waals surface area contributed by atoms with Crippen LogP contribution in [0, 0.1) is 12.7 Å². The van der Waals surface area contributed by atoms with Crippen LogP contribution in [0.15, 0.2) is 61.1 Å². The van der Waals surface area contributed by atoms with Crippen LogP contribution in [0.3, 0.4) is 0 Å². The minimum atomic E-state index is -3.54. The van der Waals surface area contributed by atoms with Gasteiger partial charge in [-0.3, -0.25) is 14.5 Å². The number of sulfonamides is 1. The molecule has 0 radical (unpaired) electrons. The number of carbonyl (C=O) groups is 1. The van der Waals surface area contributed by atoms with E-state index in [1.807, 2.05) is 30.5 Å². The highest BCUT2D eigenvalue weighted by atomic mass is 32.2. The van der Waals surface area contributed by atoms with Gasteiger partial charge in [0, 0.05) is 29.5 Å². The molecule has 170 valence electrons. The topological polar surface area (TPSA) is 106 Å². The largest absolute Gasteiger partial charge is 0.345 e. The van der Waals surface area contributed by atoms with Crippen LogP contribution in [0.4, 0.5) is 10.1 Å². The van der Waals surface area contributed by atoms with Gasteiger partial charge in [0.2, 0.25) is 10.0 Å². The first-order valence-corrected chi connectivity index (χ1v) is 12.0. The number of carbonyl (C=O) groups excluding carboxylic acids is 1. The van der Waals surface area contributed by atoms with Crippen LogP contribution in [0.5, 0.6) is 0 Å². The molecule has 0 saturated carbocycles. The van der Waals surface area contributed by atoms with Crippen LogP contribution in [-0.2, 0) is 10.0 Å². The van der Waals surface area contributed by atoms with Gasteiger partial charge in [-0.1, -0.05) is 6.07 Å². The third-order valence-electron chi connectivity index (χ3n) is 5.15. The van der Waals surface area contributed by atoms with E-state index >= 15 is 0 Å². The van der Waals surface area contributed by atoms with Crippen molar-refractivity contribution < 1.29 is 17.6 Å². The Morgan fingerprint density at radius 3 is 2.67 bits per heavy atom. The van der Waals surface area contributed by atoms with Crippen molar-refractivity contribution in [3.8, 4) is 5.69 Å². The molecule has 2 aromatic carbocycles. The Bertz CT molecular complexity index is 1450. The number of fused-ring (bicyclic) bond motifs is 1. The summed E-state index contributed by atoms with van der Waals surface area (Å²) in [5.74, 6) is -1.02. The number of nitrogens with zero attached hydrogens (tertiary/aromatic N) is 3. The van der Waals surface area contributed by atoms with Crippen molar-refractivity contribution >= 4 is 32.5 Å². The molecule has 0 aliphatic heterocycles. The Labute approximate surface area is 190 Å². The summed E-state index contributed by atoms with van der Waals surface area (Å²) in [5, 5.41) is 7.75. The first-order chi connectivity index (χ1) is 15.6. The van der Waals surface area contributed by atoms with E-state index in [0.717, 1.165) is 23.4 Å². The number of hydrogen-bond donors (Lipinski definition) is 2. The molecule has 0 aliphatic rings. The molecule has 0 spiro atoms. The zero-order valence-corrected chi connectivity index (χ0v) is 19.0. The van der Waals surface area contributed by atoms with E-state index in [2.05, 4.69) is 20.1 Å². The van der Waals surface area contributed by atoms with Crippen molar-refractivity contribution in [3.05, 3.63) is 83.6 Å². The molecule has 2 heterocycles. The number of halogens is 1. The van der Waals surface area contributed by atoms with Gasteiger partial charge in [0.05, 0.1) is 34.8 Å². The predicted molar refractivity (Wildman–Crippen MR) is 124 cm³/mol. The highest BCUT2D eigenvalue weighted by Crippen LogP contribution is 2.26. The van der Waals surface area contributed by atoms with Crippen molar-refractivity contribution in [2.45, 2.75) is 19.9 Å². The van der Waals surface area contributed by atoms with E-state index in [9.17, 15) is 17.6 Å². The summed E-state index contributed by atoms with van der Waals surface area (Å²) >= 11 is 0. The second-order valence-corrected chi connectivity index (χ2v) is 9.56. The van der Waals surface area contributed by atoms with E-state index in [1.54, 1.807) is 30.8 Å². The lowest BCUT2D eigenvalue weighted by Crippen LogP contribution is -2.27. The van der Waals surface area contributed by atoms with E-state index in [-0.39, 0.29) is 11.3 Å². The maximum Gasteiger partial charge on any atom is 0.253 e. The molecule has 1 atom stereocenters. The minimum absolute atomic E-state index is 0.158. The summed E-state index contributed by atoms with van der Waals surface area (Å²) in [4.78, 5) is 17.2. The Hall–Kier alpha value is -3.79. The Balaban J connectivity index is 1.54. The van der Waals surface area contributed by atoms with Gasteiger partial charge in [-0.05, 0) is 55.8 Å².